The molecule has 5 nitrogen and oxygen atoms in total. The maximum Gasteiger partial charge on any atom is 0.223 e. The van der Waals surface area contributed by atoms with Crippen LogP contribution in [0, 0.1) is 0 Å². The van der Waals surface area contributed by atoms with Gasteiger partial charge >= 0.3 is 0 Å². The van der Waals surface area contributed by atoms with Crippen LogP contribution in [-0.4, -0.2) is 53.1 Å². The summed E-state index contributed by atoms with van der Waals surface area (Å²) in [6.45, 7) is 0.0502. The minimum atomic E-state index is -0.229. The molecule has 0 saturated heterocycles. The molecule has 0 bridgehead atoms. The average Bonchev–Trinajstić information content (AvgIpc) is 2.45. The fraction of sp³-hybridized carbons (Fsp3) is 0.429. The van der Waals surface area contributed by atoms with E-state index in [1.807, 2.05) is 6.07 Å². The van der Waals surface area contributed by atoms with Gasteiger partial charge in [-0.2, -0.15) is 0 Å². The number of aliphatic hydroxyl groups is 2. The van der Waals surface area contributed by atoms with Crippen molar-refractivity contribution in [2.24, 2.45) is 0 Å². The third kappa shape index (κ3) is 5.19. The van der Waals surface area contributed by atoms with E-state index in [2.05, 4.69) is 0 Å². The highest BCUT2D eigenvalue weighted by molar-refractivity contribution is 5.97. The third-order valence-electron chi connectivity index (χ3n) is 2.75. The molecule has 0 spiro atoms. The van der Waals surface area contributed by atoms with E-state index in [0.29, 0.717) is 5.56 Å². The highest BCUT2D eigenvalue weighted by atomic mass is 16.3. The summed E-state index contributed by atoms with van der Waals surface area (Å²) in [7, 11) is 0. The van der Waals surface area contributed by atoms with Gasteiger partial charge in [-0.25, -0.2) is 0 Å². The van der Waals surface area contributed by atoms with Crippen molar-refractivity contribution in [1.29, 1.82) is 0 Å². The van der Waals surface area contributed by atoms with E-state index in [4.69, 9.17) is 10.2 Å². The molecule has 19 heavy (non-hydrogen) atoms. The Labute approximate surface area is 112 Å². The summed E-state index contributed by atoms with van der Waals surface area (Å²) in [4.78, 5) is 25.0. The zero-order chi connectivity index (χ0) is 14.1. The van der Waals surface area contributed by atoms with Gasteiger partial charge in [0.2, 0.25) is 5.91 Å². The lowest BCUT2D eigenvalue weighted by Gasteiger charge is -2.20. The Balaban J connectivity index is 2.46. The van der Waals surface area contributed by atoms with Gasteiger partial charge in [0.25, 0.3) is 0 Å². The molecule has 0 unspecified atom stereocenters. The molecule has 0 aliphatic carbocycles. The van der Waals surface area contributed by atoms with Gasteiger partial charge in [-0.3, -0.25) is 9.59 Å². The molecule has 0 aliphatic heterocycles. The van der Waals surface area contributed by atoms with E-state index in [1.165, 1.54) is 4.90 Å². The van der Waals surface area contributed by atoms with Gasteiger partial charge in [0.05, 0.1) is 13.2 Å². The largest absolute Gasteiger partial charge is 0.395 e. The van der Waals surface area contributed by atoms with Crippen LogP contribution < -0.4 is 0 Å². The lowest BCUT2D eigenvalue weighted by Crippen LogP contribution is -2.36. The SMILES string of the molecule is O=C(CCC(=O)N(CCO)CCO)c1ccccc1. The number of Topliss-reactive ketones (excluding diaryl/α,β-unsaturated/α-hetero) is 1. The highest BCUT2D eigenvalue weighted by Gasteiger charge is 2.14. The molecule has 0 aromatic heterocycles. The maximum atomic E-state index is 11.8. The average molecular weight is 265 g/mol. The molecule has 5 heteroatoms. The van der Waals surface area contributed by atoms with Crippen molar-refractivity contribution in [3.63, 3.8) is 0 Å². The highest BCUT2D eigenvalue weighted by Crippen LogP contribution is 2.06. The molecule has 0 atom stereocenters. The molecule has 0 fully saturated rings. The van der Waals surface area contributed by atoms with E-state index in [-0.39, 0.29) is 50.8 Å². The number of rotatable bonds is 8. The van der Waals surface area contributed by atoms with Crippen LogP contribution in [0.4, 0.5) is 0 Å². The van der Waals surface area contributed by atoms with Gasteiger partial charge in [0, 0.05) is 31.5 Å². The molecule has 0 heterocycles. The Bertz CT molecular complexity index is 399. The van der Waals surface area contributed by atoms with Crippen LogP contribution in [0.25, 0.3) is 0 Å². The van der Waals surface area contributed by atoms with Gasteiger partial charge in [-0.1, -0.05) is 30.3 Å². The van der Waals surface area contributed by atoms with Crippen LogP contribution >= 0.6 is 0 Å². The zero-order valence-electron chi connectivity index (χ0n) is 10.8. The van der Waals surface area contributed by atoms with Crippen molar-refractivity contribution in [3.05, 3.63) is 35.9 Å². The lowest BCUT2D eigenvalue weighted by molar-refractivity contribution is -0.132. The second-order valence-electron chi connectivity index (χ2n) is 4.12. The van der Waals surface area contributed by atoms with Crippen LogP contribution in [0.1, 0.15) is 23.2 Å². The molecule has 1 amide bonds. The van der Waals surface area contributed by atoms with Gasteiger partial charge in [0.15, 0.2) is 5.78 Å². The second-order valence-corrected chi connectivity index (χ2v) is 4.12. The number of nitrogens with zero attached hydrogens (tertiary/aromatic N) is 1. The van der Waals surface area contributed by atoms with Crippen molar-refractivity contribution in [2.75, 3.05) is 26.3 Å². The number of benzene rings is 1. The summed E-state index contributed by atoms with van der Waals surface area (Å²) in [6, 6.07) is 8.81. The van der Waals surface area contributed by atoms with E-state index in [1.54, 1.807) is 24.3 Å². The number of carbonyl (C=O) groups excluding carboxylic acids is 2. The summed E-state index contributed by atoms with van der Waals surface area (Å²) >= 11 is 0. The third-order valence-corrected chi connectivity index (χ3v) is 2.75. The summed E-state index contributed by atoms with van der Waals surface area (Å²) in [5.41, 5.74) is 0.589. The minimum Gasteiger partial charge on any atom is -0.395 e. The number of aliphatic hydroxyl groups excluding tert-OH is 2. The fourth-order valence-electron chi connectivity index (χ4n) is 1.75. The Hall–Kier alpha value is -1.72. The molecule has 2 N–H and O–H groups in total. The number of hydrogen-bond donors (Lipinski definition) is 2. The quantitative estimate of drug-likeness (QED) is 0.669. The fourth-order valence-corrected chi connectivity index (χ4v) is 1.75. The lowest BCUT2D eigenvalue weighted by atomic mass is 10.1. The Morgan fingerprint density at radius 3 is 2.05 bits per heavy atom. The zero-order valence-corrected chi connectivity index (χ0v) is 10.8. The van der Waals surface area contributed by atoms with E-state index in [9.17, 15) is 9.59 Å². The molecule has 1 rings (SSSR count). The second kappa shape index (κ2) is 8.39. The van der Waals surface area contributed by atoms with Crippen molar-refractivity contribution in [2.45, 2.75) is 12.8 Å². The normalized spacial score (nSPS) is 10.2. The minimum absolute atomic E-state index is 0.0816. The molecular formula is C14H19NO4. The molecule has 0 saturated carbocycles. The molecule has 1 aromatic carbocycles. The Kier molecular flexibility index (Phi) is 6.78. The van der Waals surface area contributed by atoms with E-state index < -0.39 is 0 Å². The van der Waals surface area contributed by atoms with Crippen LogP contribution in [-0.2, 0) is 4.79 Å². The standard InChI is InChI=1S/C14H19NO4/c16-10-8-15(9-11-17)14(19)7-6-13(18)12-4-2-1-3-5-12/h1-5,16-17H,6-11H2. The topological polar surface area (TPSA) is 77.8 Å². The summed E-state index contributed by atoms with van der Waals surface area (Å²) in [5.74, 6) is -0.311. The first kappa shape index (κ1) is 15.3. The van der Waals surface area contributed by atoms with E-state index >= 15 is 0 Å². The summed E-state index contributed by atoms with van der Waals surface area (Å²) in [6.07, 6.45) is 0.226. The molecule has 0 radical (unpaired) electrons. The van der Waals surface area contributed by atoms with Crippen LogP contribution in [0.2, 0.25) is 0 Å². The van der Waals surface area contributed by atoms with Crippen LogP contribution in [0.3, 0.4) is 0 Å². The molecule has 0 aliphatic rings. The Morgan fingerprint density at radius 2 is 1.53 bits per heavy atom. The smallest absolute Gasteiger partial charge is 0.223 e. The molecule has 104 valence electrons. The summed E-state index contributed by atoms with van der Waals surface area (Å²) < 4.78 is 0. The first-order valence-electron chi connectivity index (χ1n) is 6.26. The van der Waals surface area contributed by atoms with Gasteiger partial charge < -0.3 is 15.1 Å². The number of amides is 1. The first-order chi connectivity index (χ1) is 9.19. The molecule has 1 aromatic rings. The van der Waals surface area contributed by atoms with Gasteiger partial charge in [0.1, 0.15) is 0 Å². The number of ketones is 1. The monoisotopic (exact) mass is 265 g/mol. The predicted octanol–water partition coefficient (Wildman–Crippen LogP) is 0.463. The van der Waals surface area contributed by atoms with Crippen molar-refractivity contribution < 1.29 is 19.8 Å². The van der Waals surface area contributed by atoms with Crippen LogP contribution in [0.15, 0.2) is 30.3 Å². The maximum absolute atomic E-state index is 11.8. The molecular weight excluding hydrogens is 246 g/mol. The van der Waals surface area contributed by atoms with E-state index in [0.717, 1.165) is 0 Å². The van der Waals surface area contributed by atoms with Crippen molar-refractivity contribution in [3.8, 4) is 0 Å². The summed E-state index contributed by atoms with van der Waals surface area (Å²) in [5, 5.41) is 17.7. The van der Waals surface area contributed by atoms with Crippen LogP contribution in [0.5, 0.6) is 0 Å². The van der Waals surface area contributed by atoms with Crippen molar-refractivity contribution >= 4 is 11.7 Å². The van der Waals surface area contributed by atoms with Gasteiger partial charge in [-0.15, -0.1) is 0 Å². The first-order valence-corrected chi connectivity index (χ1v) is 6.26. The van der Waals surface area contributed by atoms with Crippen molar-refractivity contribution in [1.82, 2.24) is 4.90 Å². The Morgan fingerprint density at radius 1 is 0.947 bits per heavy atom. The van der Waals surface area contributed by atoms with Gasteiger partial charge in [-0.05, 0) is 0 Å². The predicted molar refractivity (Wildman–Crippen MR) is 70.8 cm³/mol. The number of hydrogen-bond acceptors (Lipinski definition) is 4. The number of carbonyl (C=O) groups is 2.